The Morgan fingerprint density at radius 3 is 2.75 bits per heavy atom. The molecule has 20 heavy (non-hydrogen) atoms. The van der Waals surface area contributed by atoms with Crippen molar-refractivity contribution >= 4 is 40.4 Å². The standard InChI is InChI=1S/C15H19ClN2OS/c1-15(2)7-3-4-10(15)14(19)18-12-8-9(13(17)20)5-6-11(12)16/h5-6,8,10H,3-4,7H2,1-2H3,(H2,17,20)(H,18,19). The summed E-state index contributed by atoms with van der Waals surface area (Å²) in [5.74, 6) is 0.0431. The molecule has 1 aromatic carbocycles. The van der Waals surface area contributed by atoms with Gasteiger partial charge in [-0.25, -0.2) is 0 Å². The van der Waals surface area contributed by atoms with Crippen LogP contribution in [-0.2, 0) is 4.79 Å². The molecular formula is C15H19ClN2OS. The number of benzene rings is 1. The van der Waals surface area contributed by atoms with E-state index in [0.29, 0.717) is 21.3 Å². The number of nitrogens with one attached hydrogen (secondary N) is 1. The highest BCUT2D eigenvalue weighted by molar-refractivity contribution is 7.80. The van der Waals surface area contributed by atoms with Gasteiger partial charge in [0.1, 0.15) is 4.99 Å². The number of anilines is 1. The molecule has 0 radical (unpaired) electrons. The van der Waals surface area contributed by atoms with Crippen LogP contribution in [0.25, 0.3) is 0 Å². The Kier molecular flexibility index (Phi) is 4.35. The topological polar surface area (TPSA) is 55.1 Å². The summed E-state index contributed by atoms with van der Waals surface area (Å²) in [4.78, 5) is 12.7. The van der Waals surface area contributed by atoms with Crippen LogP contribution in [0.5, 0.6) is 0 Å². The zero-order chi connectivity index (χ0) is 14.9. The number of hydrogen-bond donors (Lipinski definition) is 2. The highest BCUT2D eigenvalue weighted by Gasteiger charge is 2.39. The fraction of sp³-hybridized carbons (Fsp3) is 0.467. The second-order valence-corrected chi connectivity index (χ2v) is 6.83. The molecule has 1 atom stereocenters. The van der Waals surface area contributed by atoms with E-state index in [1.165, 1.54) is 0 Å². The van der Waals surface area contributed by atoms with Crippen LogP contribution in [0.15, 0.2) is 18.2 Å². The van der Waals surface area contributed by atoms with Gasteiger partial charge in [0.25, 0.3) is 0 Å². The predicted octanol–water partition coefficient (Wildman–Crippen LogP) is 3.74. The summed E-state index contributed by atoms with van der Waals surface area (Å²) in [5.41, 5.74) is 6.92. The van der Waals surface area contributed by atoms with Crippen LogP contribution < -0.4 is 11.1 Å². The molecule has 108 valence electrons. The van der Waals surface area contributed by atoms with Gasteiger partial charge in [-0.05, 0) is 30.4 Å². The number of nitrogens with two attached hydrogens (primary N) is 1. The number of halogens is 1. The Morgan fingerprint density at radius 2 is 2.20 bits per heavy atom. The van der Waals surface area contributed by atoms with Crippen LogP contribution >= 0.6 is 23.8 Å². The number of rotatable bonds is 3. The van der Waals surface area contributed by atoms with Crippen molar-refractivity contribution in [3.8, 4) is 0 Å². The third kappa shape index (κ3) is 3.13. The Bertz CT molecular complexity index is 557. The Morgan fingerprint density at radius 1 is 1.50 bits per heavy atom. The third-order valence-corrected chi connectivity index (χ3v) is 4.65. The number of hydrogen-bond acceptors (Lipinski definition) is 2. The van der Waals surface area contributed by atoms with Crippen molar-refractivity contribution in [2.45, 2.75) is 33.1 Å². The highest BCUT2D eigenvalue weighted by atomic mass is 35.5. The maximum absolute atomic E-state index is 12.4. The molecule has 1 aliphatic rings. The number of amides is 1. The molecule has 1 aliphatic carbocycles. The molecule has 0 saturated heterocycles. The summed E-state index contributed by atoms with van der Waals surface area (Å²) in [5, 5.41) is 3.41. The van der Waals surface area contributed by atoms with Gasteiger partial charge in [0, 0.05) is 11.5 Å². The molecule has 1 unspecified atom stereocenters. The molecule has 1 saturated carbocycles. The summed E-state index contributed by atoms with van der Waals surface area (Å²) in [6.07, 6.45) is 3.09. The van der Waals surface area contributed by atoms with Gasteiger partial charge in [-0.15, -0.1) is 0 Å². The van der Waals surface area contributed by atoms with Crippen molar-refractivity contribution in [1.82, 2.24) is 0 Å². The van der Waals surface area contributed by atoms with Gasteiger partial charge in [0.05, 0.1) is 10.7 Å². The molecule has 0 spiro atoms. The molecule has 5 heteroatoms. The fourth-order valence-corrected chi connectivity index (χ4v) is 3.10. The number of thiocarbonyl (C=S) groups is 1. The quantitative estimate of drug-likeness (QED) is 0.836. The van der Waals surface area contributed by atoms with Crippen LogP contribution in [0.3, 0.4) is 0 Å². The molecular weight excluding hydrogens is 292 g/mol. The third-order valence-electron chi connectivity index (χ3n) is 4.08. The Balaban J connectivity index is 2.19. The van der Waals surface area contributed by atoms with Gasteiger partial charge in [0.2, 0.25) is 5.91 Å². The summed E-state index contributed by atoms with van der Waals surface area (Å²) in [6.45, 7) is 4.27. The van der Waals surface area contributed by atoms with Gasteiger partial charge in [0.15, 0.2) is 0 Å². The van der Waals surface area contributed by atoms with Crippen molar-refractivity contribution in [2.24, 2.45) is 17.1 Å². The summed E-state index contributed by atoms with van der Waals surface area (Å²) < 4.78 is 0. The van der Waals surface area contributed by atoms with Crippen molar-refractivity contribution < 1.29 is 4.79 Å². The van der Waals surface area contributed by atoms with Crippen LogP contribution in [-0.4, -0.2) is 10.9 Å². The van der Waals surface area contributed by atoms with Gasteiger partial charge >= 0.3 is 0 Å². The van der Waals surface area contributed by atoms with Crippen LogP contribution in [0.2, 0.25) is 5.02 Å². The molecule has 1 amide bonds. The molecule has 0 aromatic heterocycles. The lowest BCUT2D eigenvalue weighted by Crippen LogP contribution is -2.31. The van der Waals surface area contributed by atoms with Crippen molar-refractivity contribution in [1.29, 1.82) is 0 Å². The summed E-state index contributed by atoms with van der Waals surface area (Å²) >= 11 is 11.1. The molecule has 3 nitrogen and oxygen atoms in total. The molecule has 0 bridgehead atoms. The van der Waals surface area contributed by atoms with E-state index in [1.54, 1.807) is 18.2 Å². The average molecular weight is 311 g/mol. The smallest absolute Gasteiger partial charge is 0.228 e. The van der Waals surface area contributed by atoms with E-state index in [2.05, 4.69) is 19.2 Å². The lowest BCUT2D eigenvalue weighted by atomic mass is 9.81. The first-order valence-electron chi connectivity index (χ1n) is 6.71. The molecule has 1 fully saturated rings. The largest absolute Gasteiger partial charge is 0.389 e. The first kappa shape index (κ1) is 15.3. The van der Waals surface area contributed by atoms with E-state index in [1.807, 2.05) is 0 Å². The normalized spacial score (nSPS) is 20.6. The number of carbonyl (C=O) groups is 1. The zero-order valence-electron chi connectivity index (χ0n) is 11.7. The molecule has 2 rings (SSSR count). The summed E-state index contributed by atoms with van der Waals surface area (Å²) in [7, 11) is 0. The lowest BCUT2D eigenvalue weighted by molar-refractivity contribution is -0.122. The molecule has 1 aromatic rings. The average Bonchev–Trinajstić information content (AvgIpc) is 2.71. The first-order valence-corrected chi connectivity index (χ1v) is 7.50. The van der Waals surface area contributed by atoms with Crippen molar-refractivity contribution in [2.75, 3.05) is 5.32 Å². The van der Waals surface area contributed by atoms with E-state index in [0.717, 1.165) is 19.3 Å². The zero-order valence-corrected chi connectivity index (χ0v) is 13.3. The minimum atomic E-state index is 0.0204. The maximum Gasteiger partial charge on any atom is 0.228 e. The van der Waals surface area contributed by atoms with Gasteiger partial charge in [-0.3, -0.25) is 4.79 Å². The Labute approximate surface area is 129 Å². The van der Waals surface area contributed by atoms with E-state index in [-0.39, 0.29) is 17.2 Å². The minimum Gasteiger partial charge on any atom is -0.389 e. The highest BCUT2D eigenvalue weighted by Crippen LogP contribution is 2.43. The molecule has 0 aliphatic heterocycles. The van der Waals surface area contributed by atoms with Crippen molar-refractivity contribution in [3.05, 3.63) is 28.8 Å². The van der Waals surface area contributed by atoms with E-state index in [4.69, 9.17) is 29.6 Å². The second kappa shape index (κ2) is 5.70. The van der Waals surface area contributed by atoms with Crippen LogP contribution in [0.4, 0.5) is 5.69 Å². The van der Waals surface area contributed by atoms with Crippen LogP contribution in [0, 0.1) is 11.3 Å². The van der Waals surface area contributed by atoms with Crippen LogP contribution in [0.1, 0.15) is 38.7 Å². The summed E-state index contributed by atoms with van der Waals surface area (Å²) in [6, 6.07) is 5.18. The van der Waals surface area contributed by atoms with Gasteiger partial charge in [-0.1, -0.05) is 50.2 Å². The molecule has 3 N–H and O–H groups in total. The number of carbonyl (C=O) groups excluding carboxylic acids is 1. The second-order valence-electron chi connectivity index (χ2n) is 5.98. The van der Waals surface area contributed by atoms with E-state index in [9.17, 15) is 4.79 Å². The lowest BCUT2D eigenvalue weighted by Gasteiger charge is -2.26. The first-order chi connectivity index (χ1) is 9.31. The predicted molar refractivity (Wildman–Crippen MR) is 87.1 cm³/mol. The van der Waals surface area contributed by atoms with Crippen molar-refractivity contribution in [3.63, 3.8) is 0 Å². The van der Waals surface area contributed by atoms with Gasteiger partial charge in [-0.2, -0.15) is 0 Å². The fourth-order valence-electron chi connectivity index (χ4n) is 2.81. The Hall–Kier alpha value is -1.13. The minimum absolute atomic E-state index is 0.0204. The monoisotopic (exact) mass is 310 g/mol. The van der Waals surface area contributed by atoms with E-state index < -0.39 is 0 Å². The molecule has 0 heterocycles. The maximum atomic E-state index is 12.4. The van der Waals surface area contributed by atoms with Gasteiger partial charge < -0.3 is 11.1 Å². The SMILES string of the molecule is CC1(C)CCCC1C(=O)Nc1cc(C(N)=S)ccc1Cl. The van der Waals surface area contributed by atoms with E-state index >= 15 is 0 Å².